The molecule has 110 valence electrons. The molecule has 0 bridgehead atoms. The van der Waals surface area contributed by atoms with E-state index in [-0.39, 0.29) is 12.5 Å². The Kier molecular flexibility index (Phi) is 3.39. The molecule has 6 heteroatoms. The molecule has 0 saturated carbocycles. The number of carbonyl (C=O) groups is 2. The third kappa shape index (κ3) is 2.50. The van der Waals surface area contributed by atoms with Crippen molar-refractivity contribution in [3.8, 4) is 0 Å². The average molecular weight is 288 g/mol. The molecule has 2 unspecified atom stereocenters. The number of carboxylic acid groups (broad SMARTS) is 2. The smallest absolute Gasteiger partial charge is 0.321 e. The lowest BCUT2D eigenvalue weighted by Crippen LogP contribution is -2.44. The number of hydrogen-bond acceptors (Lipinski definition) is 3. The highest BCUT2D eigenvalue weighted by Gasteiger charge is 2.32. The second-order valence-electron chi connectivity index (χ2n) is 5.31. The summed E-state index contributed by atoms with van der Waals surface area (Å²) in [5, 5.41) is 22.2. The predicted molar refractivity (Wildman–Crippen MR) is 76.2 cm³/mol. The summed E-state index contributed by atoms with van der Waals surface area (Å²) in [7, 11) is 0. The second-order valence-corrected chi connectivity index (χ2v) is 5.31. The van der Waals surface area contributed by atoms with Crippen LogP contribution >= 0.6 is 0 Å². The molecule has 2 atom stereocenters. The lowest BCUT2D eigenvalue weighted by molar-refractivity contribution is -0.139. The average Bonchev–Trinajstić information content (AvgIpc) is 2.83. The summed E-state index contributed by atoms with van der Waals surface area (Å²) < 4.78 is 0. The van der Waals surface area contributed by atoms with Crippen molar-refractivity contribution >= 4 is 22.8 Å². The topological polar surface area (TPSA) is 102 Å². The van der Waals surface area contributed by atoms with E-state index in [1.54, 1.807) is 0 Å². The van der Waals surface area contributed by atoms with Crippen LogP contribution in [0.15, 0.2) is 24.3 Å². The van der Waals surface area contributed by atoms with Gasteiger partial charge >= 0.3 is 11.9 Å². The molecule has 0 saturated heterocycles. The van der Waals surface area contributed by atoms with Gasteiger partial charge in [-0.3, -0.25) is 14.9 Å². The Hall–Kier alpha value is -2.34. The van der Waals surface area contributed by atoms with Gasteiger partial charge in [0.2, 0.25) is 0 Å². The number of fused-ring (bicyclic) bond motifs is 3. The first kappa shape index (κ1) is 13.6. The van der Waals surface area contributed by atoms with E-state index >= 15 is 0 Å². The van der Waals surface area contributed by atoms with Gasteiger partial charge in [0, 0.05) is 35.5 Å². The summed E-state index contributed by atoms with van der Waals surface area (Å²) in [5.41, 5.74) is 2.85. The Morgan fingerprint density at radius 1 is 1.24 bits per heavy atom. The molecule has 1 aromatic carbocycles. The van der Waals surface area contributed by atoms with E-state index in [1.807, 2.05) is 24.3 Å². The number of aliphatic carboxylic acids is 2. The Morgan fingerprint density at radius 3 is 2.71 bits per heavy atom. The standard InChI is InChI=1S/C15H16N2O4/c18-13(19)6-5-11-14-9(7-12(16-11)15(20)21)8-3-1-2-4-10(8)17-14/h1-4,11-12,16-17H,5-7H2,(H,18,19)(H,20,21). The van der Waals surface area contributed by atoms with Crippen molar-refractivity contribution in [2.75, 3.05) is 0 Å². The normalized spacial score (nSPS) is 21.1. The fourth-order valence-electron chi connectivity index (χ4n) is 2.98. The van der Waals surface area contributed by atoms with E-state index in [4.69, 9.17) is 5.11 Å². The summed E-state index contributed by atoms with van der Waals surface area (Å²) >= 11 is 0. The van der Waals surface area contributed by atoms with Crippen LogP contribution in [0.25, 0.3) is 10.9 Å². The van der Waals surface area contributed by atoms with Crippen molar-refractivity contribution in [1.82, 2.24) is 10.3 Å². The van der Waals surface area contributed by atoms with Gasteiger partial charge in [0.15, 0.2) is 0 Å². The van der Waals surface area contributed by atoms with Crippen molar-refractivity contribution < 1.29 is 19.8 Å². The monoisotopic (exact) mass is 288 g/mol. The third-order valence-electron chi connectivity index (χ3n) is 3.95. The Morgan fingerprint density at radius 2 is 2.00 bits per heavy atom. The van der Waals surface area contributed by atoms with E-state index in [2.05, 4.69) is 10.3 Å². The molecule has 1 aliphatic heterocycles. The van der Waals surface area contributed by atoms with Crippen molar-refractivity contribution in [3.63, 3.8) is 0 Å². The molecule has 0 spiro atoms. The van der Waals surface area contributed by atoms with Crippen LogP contribution in [0, 0.1) is 0 Å². The molecular weight excluding hydrogens is 272 g/mol. The number of H-pyrrole nitrogens is 1. The summed E-state index contributed by atoms with van der Waals surface area (Å²) in [6, 6.07) is 6.77. The zero-order valence-electron chi connectivity index (χ0n) is 11.3. The van der Waals surface area contributed by atoms with Crippen molar-refractivity contribution in [2.45, 2.75) is 31.3 Å². The molecule has 0 aliphatic carbocycles. The van der Waals surface area contributed by atoms with Crippen LogP contribution in [0.4, 0.5) is 0 Å². The van der Waals surface area contributed by atoms with Gasteiger partial charge < -0.3 is 15.2 Å². The first-order valence-electron chi connectivity index (χ1n) is 6.86. The number of aromatic amines is 1. The van der Waals surface area contributed by atoms with Gasteiger partial charge in [-0.1, -0.05) is 18.2 Å². The van der Waals surface area contributed by atoms with Crippen LogP contribution in [0.2, 0.25) is 0 Å². The molecule has 0 radical (unpaired) electrons. The maximum atomic E-state index is 11.3. The van der Waals surface area contributed by atoms with Crippen LogP contribution in [0.3, 0.4) is 0 Å². The molecule has 3 rings (SSSR count). The zero-order valence-corrected chi connectivity index (χ0v) is 11.3. The molecule has 1 aliphatic rings. The number of benzene rings is 1. The van der Waals surface area contributed by atoms with E-state index in [0.29, 0.717) is 12.8 Å². The number of para-hydroxylation sites is 1. The summed E-state index contributed by atoms with van der Waals surface area (Å²) in [5.74, 6) is -1.79. The fraction of sp³-hybridized carbons (Fsp3) is 0.333. The minimum Gasteiger partial charge on any atom is -0.481 e. The maximum Gasteiger partial charge on any atom is 0.321 e. The molecule has 21 heavy (non-hydrogen) atoms. The molecule has 4 N–H and O–H groups in total. The fourth-order valence-corrected chi connectivity index (χ4v) is 2.98. The van der Waals surface area contributed by atoms with Crippen LogP contribution in [0.5, 0.6) is 0 Å². The zero-order chi connectivity index (χ0) is 15.0. The van der Waals surface area contributed by atoms with Crippen LogP contribution in [-0.2, 0) is 16.0 Å². The summed E-state index contributed by atoms with van der Waals surface area (Å²) in [6.45, 7) is 0. The van der Waals surface area contributed by atoms with Gasteiger partial charge in [-0.05, 0) is 18.1 Å². The SMILES string of the molecule is O=C(O)CCC1NC(C(=O)O)Cc2c1[nH]c1ccccc21. The van der Waals surface area contributed by atoms with Crippen LogP contribution in [-0.4, -0.2) is 33.2 Å². The minimum atomic E-state index is -0.911. The molecule has 0 amide bonds. The maximum absolute atomic E-state index is 11.3. The van der Waals surface area contributed by atoms with Crippen molar-refractivity contribution in [3.05, 3.63) is 35.5 Å². The van der Waals surface area contributed by atoms with Crippen LogP contribution in [0.1, 0.15) is 30.1 Å². The minimum absolute atomic E-state index is 0.00118. The first-order chi connectivity index (χ1) is 10.1. The van der Waals surface area contributed by atoms with Crippen molar-refractivity contribution in [1.29, 1.82) is 0 Å². The van der Waals surface area contributed by atoms with E-state index in [0.717, 1.165) is 22.2 Å². The molecule has 2 aromatic rings. The second kappa shape index (κ2) is 5.21. The largest absolute Gasteiger partial charge is 0.481 e. The highest BCUT2D eigenvalue weighted by atomic mass is 16.4. The van der Waals surface area contributed by atoms with Crippen molar-refractivity contribution in [2.24, 2.45) is 0 Å². The Labute approximate surface area is 120 Å². The quantitative estimate of drug-likeness (QED) is 0.685. The highest BCUT2D eigenvalue weighted by Crippen LogP contribution is 2.33. The predicted octanol–water partition coefficient (Wildman–Crippen LogP) is 1.67. The van der Waals surface area contributed by atoms with Crippen LogP contribution < -0.4 is 5.32 Å². The number of nitrogens with one attached hydrogen (secondary N) is 2. The molecule has 2 heterocycles. The molecular formula is C15H16N2O4. The first-order valence-corrected chi connectivity index (χ1v) is 6.86. The van der Waals surface area contributed by atoms with Gasteiger partial charge in [-0.15, -0.1) is 0 Å². The number of rotatable bonds is 4. The van der Waals surface area contributed by atoms with Gasteiger partial charge in [0.1, 0.15) is 6.04 Å². The molecule has 0 fully saturated rings. The number of aromatic nitrogens is 1. The third-order valence-corrected chi connectivity index (χ3v) is 3.95. The van der Waals surface area contributed by atoms with Gasteiger partial charge in [-0.25, -0.2) is 0 Å². The van der Waals surface area contributed by atoms with E-state index in [1.165, 1.54) is 0 Å². The molecule has 1 aromatic heterocycles. The van der Waals surface area contributed by atoms with Gasteiger partial charge in [-0.2, -0.15) is 0 Å². The Balaban J connectivity index is 2.02. The molecule has 6 nitrogen and oxygen atoms in total. The highest BCUT2D eigenvalue weighted by molar-refractivity contribution is 5.86. The van der Waals surface area contributed by atoms with Gasteiger partial charge in [0.05, 0.1) is 0 Å². The van der Waals surface area contributed by atoms with E-state index < -0.39 is 18.0 Å². The number of hydrogen-bond donors (Lipinski definition) is 4. The Bertz CT molecular complexity index is 707. The summed E-state index contributed by atoms with van der Waals surface area (Å²) in [4.78, 5) is 25.4. The lowest BCUT2D eigenvalue weighted by atomic mass is 9.92. The van der Waals surface area contributed by atoms with Gasteiger partial charge in [0.25, 0.3) is 0 Å². The van der Waals surface area contributed by atoms with E-state index in [9.17, 15) is 14.7 Å². The lowest BCUT2D eigenvalue weighted by Gasteiger charge is -2.28. The number of carboxylic acids is 2. The summed E-state index contributed by atoms with van der Waals surface area (Å²) in [6.07, 6.45) is 0.760.